The van der Waals surface area contributed by atoms with Crippen LogP contribution in [0.1, 0.15) is 49.5 Å². The van der Waals surface area contributed by atoms with Gasteiger partial charge in [0.05, 0.1) is 0 Å². The molecule has 0 saturated heterocycles. The van der Waals surface area contributed by atoms with Gasteiger partial charge in [-0.25, -0.2) is 9.59 Å². The van der Waals surface area contributed by atoms with Gasteiger partial charge >= 0.3 is 12.0 Å². The number of rotatable bonds is 9. The van der Waals surface area contributed by atoms with Gasteiger partial charge in [-0.05, 0) is 79.8 Å². The van der Waals surface area contributed by atoms with Gasteiger partial charge in [-0.15, -0.1) is 0 Å². The maximum Gasteiger partial charge on any atom is 0.328 e. The lowest BCUT2D eigenvalue weighted by atomic mass is 10.0. The molecule has 3 amide bonds. The predicted molar refractivity (Wildman–Crippen MR) is 139 cm³/mol. The summed E-state index contributed by atoms with van der Waals surface area (Å²) in [6.07, 6.45) is 3.33. The highest BCUT2D eigenvalue weighted by molar-refractivity contribution is 6.00. The number of anilines is 2. The first-order chi connectivity index (χ1) is 16.7. The monoisotopic (exact) mass is 473 g/mol. The van der Waals surface area contributed by atoms with Crippen LogP contribution >= 0.6 is 0 Å². The van der Waals surface area contributed by atoms with E-state index in [1.807, 2.05) is 36.4 Å². The third-order valence-corrected chi connectivity index (χ3v) is 5.61. The molecule has 0 aliphatic heterocycles. The summed E-state index contributed by atoms with van der Waals surface area (Å²) in [6, 6.07) is 21.8. The van der Waals surface area contributed by atoms with E-state index in [1.165, 1.54) is 19.4 Å². The second kappa shape index (κ2) is 11.3. The number of aryl methyl sites for hydroxylation is 1. The topological polar surface area (TPSA) is 108 Å². The molecule has 4 N–H and O–H groups in total. The molecule has 3 aromatic carbocycles. The summed E-state index contributed by atoms with van der Waals surface area (Å²) in [6.45, 7) is 5.03. The van der Waals surface area contributed by atoms with Gasteiger partial charge in [-0.3, -0.25) is 4.79 Å². The number of urea groups is 1. The molecule has 0 bridgehead atoms. The van der Waals surface area contributed by atoms with Gasteiger partial charge in [-0.2, -0.15) is 0 Å². The van der Waals surface area contributed by atoms with Gasteiger partial charge in [-0.1, -0.05) is 49.7 Å². The Balaban J connectivity index is 1.57. The molecular formula is C28H31N3O4. The van der Waals surface area contributed by atoms with Crippen molar-refractivity contribution in [3.05, 3.63) is 83.9 Å². The highest BCUT2D eigenvalue weighted by Crippen LogP contribution is 2.22. The predicted octanol–water partition coefficient (Wildman–Crippen LogP) is 5.93. The molecule has 0 saturated carbocycles. The van der Waals surface area contributed by atoms with Gasteiger partial charge in [0.25, 0.3) is 5.91 Å². The highest BCUT2D eigenvalue weighted by atomic mass is 16.4. The molecule has 182 valence electrons. The molecule has 0 unspecified atom stereocenters. The minimum Gasteiger partial charge on any atom is -0.480 e. The molecular weight excluding hydrogens is 442 g/mol. The third kappa shape index (κ3) is 7.17. The summed E-state index contributed by atoms with van der Waals surface area (Å²) in [5.41, 5.74) is 3.45. The number of benzene rings is 3. The number of nitrogens with one attached hydrogen (secondary N) is 3. The molecule has 0 aliphatic rings. The van der Waals surface area contributed by atoms with Crippen LogP contribution < -0.4 is 16.0 Å². The summed E-state index contributed by atoms with van der Waals surface area (Å²) in [5.74, 6) is -1.56. The van der Waals surface area contributed by atoms with Gasteiger partial charge < -0.3 is 21.1 Å². The van der Waals surface area contributed by atoms with Crippen molar-refractivity contribution < 1.29 is 19.5 Å². The van der Waals surface area contributed by atoms with E-state index in [0.29, 0.717) is 11.3 Å². The fraction of sp³-hybridized carbons (Fsp3) is 0.250. The number of hydrogen-bond acceptors (Lipinski definition) is 3. The molecule has 7 heteroatoms. The summed E-state index contributed by atoms with van der Waals surface area (Å²) < 4.78 is 0. The van der Waals surface area contributed by atoms with Crippen molar-refractivity contribution in [3.63, 3.8) is 0 Å². The number of unbranched alkanes of at least 4 members (excludes halogenated alkanes) is 1. The summed E-state index contributed by atoms with van der Waals surface area (Å²) in [7, 11) is 0. The lowest BCUT2D eigenvalue weighted by Gasteiger charge is -2.21. The molecule has 3 aromatic rings. The average Bonchev–Trinajstić information content (AvgIpc) is 2.84. The van der Waals surface area contributed by atoms with E-state index in [4.69, 9.17) is 0 Å². The lowest BCUT2D eigenvalue weighted by molar-refractivity contribution is -0.143. The van der Waals surface area contributed by atoms with E-state index in [0.717, 1.165) is 36.1 Å². The van der Waals surface area contributed by atoms with E-state index in [1.54, 1.807) is 36.4 Å². The Morgan fingerprint density at radius 3 is 1.74 bits per heavy atom. The molecule has 35 heavy (non-hydrogen) atoms. The second-order valence-corrected chi connectivity index (χ2v) is 8.92. The Labute approximate surface area is 205 Å². The van der Waals surface area contributed by atoms with E-state index in [-0.39, 0.29) is 6.03 Å². The van der Waals surface area contributed by atoms with E-state index in [9.17, 15) is 19.5 Å². The third-order valence-electron chi connectivity index (χ3n) is 5.61. The van der Waals surface area contributed by atoms with Gasteiger partial charge in [0.2, 0.25) is 0 Å². The summed E-state index contributed by atoms with van der Waals surface area (Å²) >= 11 is 0. The smallest absolute Gasteiger partial charge is 0.328 e. The first-order valence-corrected chi connectivity index (χ1v) is 11.6. The number of carbonyl (C=O) groups excluding carboxylic acids is 2. The molecule has 3 rings (SSSR count). The largest absolute Gasteiger partial charge is 0.480 e. The number of amides is 3. The zero-order valence-corrected chi connectivity index (χ0v) is 20.2. The first kappa shape index (κ1) is 25.5. The fourth-order valence-electron chi connectivity index (χ4n) is 3.40. The van der Waals surface area contributed by atoms with Crippen LogP contribution in [0.4, 0.5) is 16.2 Å². The van der Waals surface area contributed by atoms with Crippen LogP contribution in [-0.2, 0) is 11.2 Å². The minimum absolute atomic E-state index is 0.321. The van der Waals surface area contributed by atoms with Crippen LogP contribution in [0.25, 0.3) is 11.1 Å². The zero-order valence-electron chi connectivity index (χ0n) is 20.2. The lowest BCUT2D eigenvalue weighted by Crippen LogP contribution is -2.49. The maximum atomic E-state index is 12.3. The molecule has 0 spiro atoms. The second-order valence-electron chi connectivity index (χ2n) is 8.92. The SMILES string of the molecule is CCCCc1ccc(NC(=O)Nc2ccc(-c3ccc(C(=O)NC(C)(C)C(=O)O)cc3)cc2)cc1. The molecule has 0 atom stereocenters. The standard InChI is InChI=1S/C28H31N3O4/c1-4-5-6-19-7-15-23(16-8-19)29-27(35)30-24-17-13-21(14-18-24)20-9-11-22(12-10-20)25(32)31-28(2,3)26(33)34/h7-18H,4-6H2,1-3H3,(H,31,32)(H,33,34)(H2,29,30,35). The van der Waals surface area contributed by atoms with Crippen LogP contribution in [-0.4, -0.2) is 28.6 Å². The Morgan fingerprint density at radius 2 is 1.26 bits per heavy atom. The summed E-state index contributed by atoms with van der Waals surface area (Å²) in [4.78, 5) is 35.9. The van der Waals surface area contributed by atoms with Gasteiger partial charge in [0.15, 0.2) is 0 Å². The molecule has 0 heterocycles. The van der Waals surface area contributed by atoms with Crippen molar-refractivity contribution >= 4 is 29.3 Å². The van der Waals surface area contributed by atoms with Crippen LogP contribution in [0.5, 0.6) is 0 Å². The Hall–Kier alpha value is -4.13. The average molecular weight is 474 g/mol. The molecule has 7 nitrogen and oxygen atoms in total. The molecule has 0 aromatic heterocycles. The van der Waals surface area contributed by atoms with Gasteiger partial charge in [0, 0.05) is 16.9 Å². The van der Waals surface area contributed by atoms with Crippen molar-refractivity contribution in [2.45, 2.75) is 45.6 Å². The quantitative estimate of drug-likeness (QED) is 0.309. The summed E-state index contributed by atoms with van der Waals surface area (Å²) in [5, 5.41) is 17.3. The molecule has 0 radical (unpaired) electrons. The number of carbonyl (C=O) groups is 3. The van der Waals surface area contributed by atoms with E-state index < -0.39 is 17.4 Å². The van der Waals surface area contributed by atoms with Crippen molar-refractivity contribution in [2.24, 2.45) is 0 Å². The van der Waals surface area contributed by atoms with Crippen molar-refractivity contribution in [1.82, 2.24) is 5.32 Å². The Morgan fingerprint density at radius 1 is 0.771 bits per heavy atom. The van der Waals surface area contributed by atoms with Crippen LogP contribution in [0.15, 0.2) is 72.8 Å². The maximum absolute atomic E-state index is 12.3. The number of carboxylic acids is 1. The van der Waals surface area contributed by atoms with Crippen molar-refractivity contribution in [2.75, 3.05) is 10.6 Å². The van der Waals surface area contributed by atoms with Crippen LogP contribution in [0.2, 0.25) is 0 Å². The Bertz CT molecular complexity index is 1170. The van der Waals surface area contributed by atoms with Crippen LogP contribution in [0, 0.1) is 0 Å². The molecule has 0 fully saturated rings. The number of carboxylic acid groups (broad SMARTS) is 1. The number of aliphatic carboxylic acids is 1. The van der Waals surface area contributed by atoms with Crippen LogP contribution in [0.3, 0.4) is 0 Å². The van der Waals surface area contributed by atoms with Gasteiger partial charge in [0.1, 0.15) is 5.54 Å². The molecule has 0 aliphatic carbocycles. The van der Waals surface area contributed by atoms with Crippen molar-refractivity contribution in [1.29, 1.82) is 0 Å². The van der Waals surface area contributed by atoms with Crippen molar-refractivity contribution in [3.8, 4) is 11.1 Å². The minimum atomic E-state index is -1.36. The zero-order chi connectivity index (χ0) is 25.4. The Kier molecular flexibility index (Phi) is 8.25. The normalized spacial score (nSPS) is 10.9. The highest BCUT2D eigenvalue weighted by Gasteiger charge is 2.29. The van der Waals surface area contributed by atoms with E-state index in [2.05, 4.69) is 22.9 Å². The van der Waals surface area contributed by atoms with E-state index >= 15 is 0 Å². The fourth-order valence-corrected chi connectivity index (χ4v) is 3.40. The first-order valence-electron chi connectivity index (χ1n) is 11.6. The number of hydrogen-bond donors (Lipinski definition) is 4.